The Morgan fingerprint density at radius 1 is 1.44 bits per heavy atom. The summed E-state index contributed by atoms with van der Waals surface area (Å²) in [6.07, 6.45) is -1.05. The maximum absolute atomic E-state index is 15.3. The van der Waals surface area contributed by atoms with Crippen molar-refractivity contribution in [3.8, 4) is 0 Å². The average molecular weight is 480 g/mol. The van der Waals surface area contributed by atoms with Crippen molar-refractivity contribution in [2.75, 3.05) is 19.9 Å². The predicted molar refractivity (Wildman–Crippen MR) is 112 cm³/mol. The van der Waals surface area contributed by atoms with Gasteiger partial charge in [0.1, 0.15) is 12.1 Å². The van der Waals surface area contributed by atoms with Crippen LogP contribution in [-0.2, 0) is 28.2 Å². The number of aliphatic hydroxyl groups is 1. The first kappa shape index (κ1) is 26.6. The van der Waals surface area contributed by atoms with Gasteiger partial charge in [-0.05, 0) is 27.7 Å². The van der Waals surface area contributed by atoms with Gasteiger partial charge in [-0.25, -0.2) is 13.9 Å². The van der Waals surface area contributed by atoms with Crippen molar-refractivity contribution in [2.24, 2.45) is 11.3 Å². The highest BCUT2D eigenvalue weighted by atomic mass is 31.2. The lowest BCUT2D eigenvalue weighted by molar-refractivity contribution is -0.149. The SMILES string of the molecule is C=C1NC(=O)C=CC1[C@@H]1O[C@H](COP(C)(=O)N[C@@H](C)C(=O)OC(C)C)C(C)(CO)C1(F)F. The molecule has 0 aromatic carbocycles. The molecule has 3 N–H and O–H groups in total. The Morgan fingerprint density at radius 2 is 2.06 bits per heavy atom. The highest BCUT2D eigenvalue weighted by molar-refractivity contribution is 7.56. The maximum atomic E-state index is 15.3. The van der Waals surface area contributed by atoms with E-state index < -0.39 is 68.1 Å². The second-order valence-electron chi connectivity index (χ2n) is 8.62. The molecule has 0 aromatic heterocycles. The number of alkyl halides is 2. The normalized spacial score (nSPS) is 32.5. The molecule has 2 aliphatic rings. The average Bonchev–Trinajstić information content (AvgIpc) is 2.86. The molecule has 0 aliphatic carbocycles. The van der Waals surface area contributed by atoms with E-state index in [1.165, 1.54) is 19.7 Å². The highest BCUT2D eigenvalue weighted by Crippen LogP contribution is 2.54. The topological polar surface area (TPSA) is 123 Å². The van der Waals surface area contributed by atoms with Crippen molar-refractivity contribution in [1.29, 1.82) is 0 Å². The standard InChI is InChI=1S/C20H31F2N2O7P/c1-11(2)30-18(27)13(4)24-32(6,28)29-9-15-19(5,10-25)20(21,22)17(31-15)14-7-8-16(26)23-12(14)3/h7-8,11,13-15,17,25H,3,9-10H2,1-2,4-6H3,(H,23,26)(H,24,28)/t13-,14?,15+,17-,19?,32?/m0/s1. The third kappa shape index (κ3) is 5.46. The van der Waals surface area contributed by atoms with E-state index in [1.54, 1.807) is 13.8 Å². The Kier molecular flexibility index (Phi) is 8.05. The minimum Gasteiger partial charge on any atom is -0.462 e. The van der Waals surface area contributed by atoms with Gasteiger partial charge in [0.25, 0.3) is 13.4 Å². The molecule has 1 fully saturated rings. The number of carbonyl (C=O) groups excluding carboxylic acids is 2. The summed E-state index contributed by atoms with van der Waals surface area (Å²) < 4.78 is 59.5. The number of nitrogens with one attached hydrogen (secondary N) is 2. The van der Waals surface area contributed by atoms with Gasteiger partial charge in [0, 0.05) is 24.4 Å². The van der Waals surface area contributed by atoms with E-state index in [4.69, 9.17) is 14.0 Å². The van der Waals surface area contributed by atoms with Crippen LogP contribution in [0.1, 0.15) is 27.7 Å². The minimum absolute atomic E-state index is 0.0457. The van der Waals surface area contributed by atoms with Crippen LogP contribution in [0.15, 0.2) is 24.4 Å². The second kappa shape index (κ2) is 9.69. The van der Waals surface area contributed by atoms with E-state index in [0.29, 0.717) is 0 Å². The molecular formula is C20H31F2N2O7P. The molecule has 0 spiro atoms. The summed E-state index contributed by atoms with van der Waals surface area (Å²) in [5, 5.41) is 14.7. The maximum Gasteiger partial charge on any atom is 0.323 e. The molecule has 0 aromatic rings. The lowest BCUT2D eigenvalue weighted by Gasteiger charge is -2.35. The number of ether oxygens (including phenoxy) is 2. The molecule has 6 atom stereocenters. The number of hydrogen-bond donors (Lipinski definition) is 3. The van der Waals surface area contributed by atoms with Crippen molar-refractivity contribution < 1.29 is 42.0 Å². The summed E-state index contributed by atoms with van der Waals surface area (Å²) in [5.74, 6) is -5.69. The monoisotopic (exact) mass is 480 g/mol. The van der Waals surface area contributed by atoms with Crippen molar-refractivity contribution >= 4 is 19.4 Å². The van der Waals surface area contributed by atoms with E-state index in [1.807, 2.05) is 0 Å². The Balaban J connectivity index is 2.14. The predicted octanol–water partition coefficient (Wildman–Crippen LogP) is 1.97. The zero-order valence-corrected chi connectivity index (χ0v) is 19.7. The van der Waals surface area contributed by atoms with Gasteiger partial charge in [0.15, 0.2) is 0 Å². The number of aliphatic hydroxyl groups excluding tert-OH is 1. The Hall–Kier alpha value is -1.65. The molecule has 0 bridgehead atoms. The minimum atomic E-state index is -3.63. The van der Waals surface area contributed by atoms with Crippen LogP contribution in [0, 0.1) is 11.3 Å². The molecule has 9 nitrogen and oxygen atoms in total. The van der Waals surface area contributed by atoms with Crippen molar-refractivity contribution in [3.63, 3.8) is 0 Å². The zero-order valence-electron chi connectivity index (χ0n) is 18.8. The van der Waals surface area contributed by atoms with E-state index >= 15 is 8.78 Å². The summed E-state index contributed by atoms with van der Waals surface area (Å²) in [5.41, 5.74) is -2.01. The summed E-state index contributed by atoms with van der Waals surface area (Å²) in [4.78, 5) is 23.4. The highest BCUT2D eigenvalue weighted by Gasteiger charge is 2.68. The molecule has 182 valence electrons. The number of hydrogen-bond acceptors (Lipinski definition) is 7. The first-order valence-corrected chi connectivity index (χ1v) is 12.2. The fraction of sp³-hybridized carbons (Fsp3) is 0.700. The summed E-state index contributed by atoms with van der Waals surface area (Å²) >= 11 is 0. The Morgan fingerprint density at radius 3 is 2.59 bits per heavy atom. The van der Waals surface area contributed by atoms with Gasteiger partial charge >= 0.3 is 5.97 Å². The van der Waals surface area contributed by atoms with Crippen LogP contribution in [0.2, 0.25) is 0 Å². The van der Waals surface area contributed by atoms with Gasteiger partial charge in [-0.1, -0.05) is 12.7 Å². The van der Waals surface area contributed by atoms with Gasteiger partial charge in [0.05, 0.1) is 30.8 Å². The summed E-state index contributed by atoms with van der Waals surface area (Å²) in [7, 11) is -3.63. The fourth-order valence-electron chi connectivity index (χ4n) is 3.55. The second-order valence-corrected chi connectivity index (χ2v) is 10.8. The molecule has 1 saturated heterocycles. The van der Waals surface area contributed by atoms with Gasteiger partial charge in [-0.3, -0.25) is 14.2 Å². The fourth-order valence-corrected chi connectivity index (χ4v) is 4.86. The molecule has 12 heteroatoms. The Bertz CT molecular complexity index is 835. The van der Waals surface area contributed by atoms with Crippen LogP contribution in [0.25, 0.3) is 0 Å². The van der Waals surface area contributed by atoms with Crippen LogP contribution in [0.3, 0.4) is 0 Å². The summed E-state index contributed by atoms with van der Waals surface area (Å²) in [6.45, 7) is 9.27. The van der Waals surface area contributed by atoms with Gasteiger partial charge < -0.3 is 24.4 Å². The molecule has 32 heavy (non-hydrogen) atoms. The number of esters is 1. The van der Waals surface area contributed by atoms with E-state index in [0.717, 1.165) is 13.0 Å². The van der Waals surface area contributed by atoms with Gasteiger partial charge in [0.2, 0.25) is 5.91 Å². The number of halogens is 2. The molecule has 2 rings (SSSR count). The molecule has 0 radical (unpaired) electrons. The van der Waals surface area contributed by atoms with Crippen LogP contribution in [-0.4, -0.2) is 67.1 Å². The molecule has 2 aliphatic heterocycles. The lowest BCUT2D eigenvalue weighted by Crippen LogP contribution is -2.51. The largest absolute Gasteiger partial charge is 0.462 e. The third-order valence-corrected chi connectivity index (χ3v) is 7.04. The van der Waals surface area contributed by atoms with E-state index in [2.05, 4.69) is 17.0 Å². The third-order valence-electron chi connectivity index (χ3n) is 5.54. The molecule has 3 unspecified atom stereocenters. The number of amides is 1. The van der Waals surface area contributed by atoms with Crippen molar-refractivity contribution in [1.82, 2.24) is 10.4 Å². The van der Waals surface area contributed by atoms with Gasteiger partial charge in [-0.15, -0.1) is 0 Å². The molecule has 1 amide bonds. The molecule has 2 heterocycles. The van der Waals surface area contributed by atoms with Crippen LogP contribution >= 0.6 is 7.52 Å². The van der Waals surface area contributed by atoms with E-state index in [-0.39, 0.29) is 11.8 Å². The van der Waals surface area contributed by atoms with Crippen molar-refractivity contribution in [2.45, 2.75) is 58.0 Å². The lowest BCUT2D eigenvalue weighted by atomic mass is 9.76. The quantitative estimate of drug-likeness (QED) is 0.338. The zero-order chi connectivity index (χ0) is 24.5. The number of rotatable bonds is 9. The molecule has 0 saturated carbocycles. The van der Waals surface area contributed by atoms with Crippen molar-refractivity contribution in [3.05, 3.63) is 24.4 Å². The Labute approximate surface area is 186 Å². The van der Waals surface area contributed by atoms with Crippen LogP contribution < -0.4 is 10.4 Å². The van der Waals surface area contributed by atoms with E-state index in [9.17, 15) is 19.3 Å². The van der Waals surface area contributed by atoms with Crippen LogP contribution in [0.4, 0.5) is 8.78 Å². The smallest absolute Gasteiger partial charge is 0.323 e. The number of carbonyl (C=O) groups is 2. The first-order valence-electron chi connectivity index (χ1n) is 10.2. The first-order chi connectivity index (χ1) is 14.6. The summed E-state index contributed by atoms with van der Waals surface area (Å²) in [6, 6.07) is -0.963. The van der Waals surface area contributed by atoms with Gasteiger partial charge in [-0.2, -0.15) is 0 Å². The molecular weight excluding hydrogens is 449 g/mol. The van der Waals surface area contributed by atoms with Crippen LogP contribution in [0.5, 0.6) is 0 Å².